The molecule has 0 amide bonds. The maximum Gasteiger partial charge on any atom is 0.291 e. The number of aromatic nitrogens is 5. The molecule has 3 aromatic carbocycles. The Labute approximate surface area is 240 Å². The molecule has 0 saturated heterocycles. The summed E-state index contributed by atoms with van der Waals surface area (Å²) in [5, 5.41) is 9.38. The maximum absolute atomic E-state index is 13.4. The molecule has 0 aliphatic rings. The highest BCUT2D eigenvalue weighted by atomic mass is 32.1. The fraction of sp³-hybridized carbons (Fsp3) is 0.125. The van der Waals surface area contributed by atoms with E-state index in [4.69, 9.17) is 14.6 Å². The first kappa shape index (κ1) is 26.2. The van der Waals surface area contributed by atoms with E-state index in [-0.39, 0.29) is 5.56 Å². The number of methoxy groups -OCH3 is 2. The smallest absolute Gasteiger partial charge is 0.291 e. The number of thiazole rings is 1. The number of rotatable bonds is 7. The summed E-state index contributed by atoms with van der Waals surface area (Å²) >= 11 is 1.30. The van der Waals surface area contributed by atoms with E-state index in [9.17, 15) is 4.79 Å². The van der Waals surface area contributed by atoms with E-state index in [0.717, 1.165) is 39.2 Å². The standard InChI is InChI=1S/C32H27N5O3S/c1-20-10-11-21(2)25(16-20)30-23(19-36(35-30)24-8-6-5-7-9-24)18-28-31(38)37-32(41-28)33-29(34-37)15-13-22-12-14-26(39-3)27(17-22)40-4/h5-19H,1-4H3/b15-13+,28-18-. The number of fused-ring (bicyclic) bond motifs is 1. The van der Waals surface area contributed by atoms with Crippen LogP contribution in [0, 0.1) is 13.8 Å². The first-order valence-corrected chi connectivity index (χ1v) is 13.8. The van der Waals surface area contributed by atoms with E-state index in [1.165, 1.54) is 15.9 Å². The van der Waals surface area contributed by atoms with Gasteiger partial charge in [-0.3, -0.25) is 4.79 Å². The van der Waals surface area contributed by atoms with Gasteiger partial charge in [0.15, 0.2) is 17.3 Å². The van der Waals surface area contributed by atoms with Gasteiger partial charge in [0.1, 0.15) is 5.69 Å². The van der Waals surface area contributed by atoms with Crippen molar-refractivity contribution in [3.63, 3.8) is 0 Å². The highest BCUT2D eigenvalue weighted by Crippen LogP contribution is 2.29. The Morgan fingerprint density at radius 3 is 2.44 bits per heavy atom. The number of hydrogen-bond donors (Lipinski definition) is 0. The van der Waals surface area contributed by atoms with Gasteiger partial charge in [-0.2, -0.15) is 14.6 Å². The highest BCUT2D eigenvalue weighted by molar-refractivity contribution is 7.15. The predicted molar refractivity (Wildman–Crippen MR) is 163 cm³/mol. The van der Waals surface area contributed by atoms with Gasteiger partial charge < -0.3 is 9.47 Å². The number of ether oxygens (including phenoxy) is 2. The molecule has 0 atom stereocenters. The molecule has 0 radical (unpaired) electrons. The average Bonchev–Trinajstić information content (AvgIpc) is 3.68. The van der Waals surface area contributed by atoms with E-state index >= 15 is 0 Å². The van der Waals surface area contributed by atoms with E-state index in [2.05, 4.69) is 42.1 Å². The lowest BCUT2D eigenvalue weighted by atomic mass is 10.0. The largest absolute Gasteiger partial charge is 0.493 e. The van der Waals surface area contributed by atoms with Gasteiger partial charge in [0, 0.05) is 17.3 Å². The fourth-order valence-electron chi connectivity index (χ4n) is 4.59. The Morgan fingerprint density at radius 2 is 1.68 bits per heavy atom. The van der Waals surface area contributed by atoms with Crippen molar-refractivity contribution in [2.45, 2.75) is 13.8 Å². The number of nitrogens with zero attached hydrogens (tertiary/aromatic N) is 5. The minimum absolute atomic E-state index is 0.220. The van der Waals surface area contributed by atoms with Gasteiger partial charge in [-0.05, 0) is 67.5 Å². The third-order valence-corrected chi connectivity index (χ3v) is 7.69. The lowest BCUT2D eigenvalue weighted by Crippen LogP contribution is -2.23. The lowest BCUT2D eigenvalue weighted by molar-refractivity contribution is 0.355. The zero-order chi connectivity index (χ0) is 28.5. The molecule has 41 heavy (non-hydrogen) atoms. The third kappa shape index (κ3) is 5.15. The molecule has 0 spiro atoms. The van der Waals surface area contributed by atoms with Crippen molar-refractivity contribution in [2.24, 2.45) is 0 Å². The Hall–Kier alpha value is -5.02. The van der Waals surface area contributed by atoms with Crippen LogP contribution in [-0.4, -0.2) is 38.6 Å². The minimum Gasteiger partial charge on any atom is -0.493 e. The summed E-state index contributed by atoms with van der Waals surface area (Å²) in [5.41, 5.74) is 6.55. The van der Waals surface area contributed by atoms with Crippen molar-refractivity contribution in [2.75, 3.05) is 14.2 Å². The van der Waals surface area contributed by atoms with Crippen LogP contribution in [0.15, 0.2) is 77.7 Å². The minimum atomic E-state index is -0.220. The number of hydrogen-bond acceptors (Lipinski definition) is 7. The zero-order valence-corrected chi connectivity index (χ0v) is 23.8. The van der Waals surface area contributed by atoms with Gasteiger partial charge in [-0.1, -0.05) is 59.4 Å². The molecular formula is C32H27N5O3S. The summed E-state index contributed by atoms with van der Waals surface area (Å²) in [6, 6.07) is 21.8. The van der Waals surface area contributed by atoms with E-state index < -0.39 is 0 Å². The van der Waals surface area contributed by atoms with Crippen LogP contribution in [0.5, 0.6) is 11.5 Å². The molecule has 0 saturated carbocycles. The zero-order valence-electron chi connectivity index (χ0n) is 23.0. The second-order valence-corrected chi connectivity index (χ2v) is 10.6. The molecule has 3 heterocycles. The molecule has 9 heteroatoms. The molecule has 3 aromatic heterocycles. The quantitative estimate of drug-likeness (QED) is 0.261. The van der Waals surface area contributed by atoms with Crippen LogP contribution < -0.4 is 19.6 Å². The van der Waals surface area contributed by atoms with Crippen molar-refractivity contribution < 1.29 is 9.47 Å². The van der Waals surface area contributed by atoms with Crippen LogP contribution in [0.4, 0.5) is 0 Å². The molecule has 0 aliphatic heterocycles. The third-order valence-electron chi connectivity index (χ3n) is 6.73. The number of para-hydroxylation sites is 1. The normalized spacial score (nSPS) is 12.0. The van der Waals surface area contributed by atoms with Crippen molar-refractivity contribution >= 4 is 34.5 Å². The van der Waals surface area contributed by atoms with Gasteiger partial charge in [0.25, 0.3) is 5.56 Å². The van der Waals surface area contributed by atoms with Gasteiger partial charge >= 0.3 is 0 Å². The topological polar surface area (TPSA) is 83.5 Å². The molecule has 6 aromatic rings. The maximum atomic E-state index is 13.4. The first-order valence-electron chi connectivity index (χ1n) is 13.0. The molecule has 6 rings (SSSR count). The van der Waals surface area contributed by atoms with Crippen LogP contribution in [0.3, 0.4) is 0 Å². The summed E-state index contributed by atoms with van der Waals surface area (Å²) in [4.78, 5) is 18.5. The van der Waals surface area contributed by atoms with Crippen LogP contribution >= 0.6 is 11.3 Å². The van der Waals surface area contributed by atoms with E-state index in [1.54, 1.807) is 20.3 Å². The summed E-state index contributed by atoms with van der Waals surface area (Å²) in [6.45, 7) is 4.13. The SMILES string of the molecule is COc1ccc(/C=C/c2nc3s/c(=C\c4cn(-c5ccccc5)nc4-c4cc(C)ccc4C)c(=O)n3n2)cc1OC. The van der Waals surface area contributed by atoms with Crippen LogP contribution in [0.25, 0.3) is 40.1 Å². The monoisotopic (exact) mass is 561 g/mol. The lowest BCUT2D eigenvalue weighted by Gasteiger charge is -2.07. The predicted octanol–water partition coefficient (Wildman–Crippen LogP) is 5.36. The Bertz CT molecular complexity index is 2020. The van der Waals surface area contributed by atoms with Crippen LogP contribution in [-0.2, 0) is 0 Å². The second-order valence-electron chi connectivity index (χ2n) is 9.56. The van der Waals surface area contributed by atoms with Crippen molar-refractivity contribution in [3.05, 3.63) is 116 Å². The van der Waals surface area contributed by atoms with Gasteiger partial charge in [0.05, 0.1) is 24.4 Å². The van der Waals surface area contributed by atoms with E-state index in [0.29, 0.717) is 26.8 Å². The van der Waals surface area contributed by atoms with Crippen LogP contribution in [0.2, 0.25) is 0 Å². The van der Waals surface area contributed by atoms with Crippen molar-refractivity contribution in [3.8, 4) is 28.4 Å². The molecule has 0 bridgehead atoms. The summed E-state index contributed by atoms with van der Waals surface area (Å²) in [5.74, 6) is 1.73. The highest BCUT2D eigenvalue weighted by Gasteiger charge is 2.15. The molecule has 8 nitrogen and oxygen atoms in total. The molecule has 0 aliphatic carbocycles. The summed E-state index contributed by atoms with van der Waals surface area (Å²) < 4.78 is 14.4. The van der Waals surface area contributed by atoms with Crippen molar-refractivity contribution in [1.29, 1.82) is 0 Å². The molecule has 0 N–H and O–H groups in total. The second kappa shape index (κ2) is 10.9. The van der Waals surface area contributed by atoms with Gasteiger partial charge in [-0.25, -0.2) is 4.68 Å². The number of aryl methyl sites for hydroxylation is 2. The van der Waals surface area contributed by atoms with Crippen LogP contribution in [0.1, 0.15) is 28.1 Å². The average molecular weight is 562 g/mol. The fourth-order valence-corrected chi connectivity index (χ4v) is 5.50. The summed E-state index contributed by atoms with van der Waals surface area (Å²) in [7, 11) is 3.19. The molecular weight excluding hydrogens is 534 g/mol. The molecule has 0 unspecified atom stereocenters. The van der Waals surface area contributed by atoms with Gasteiger partial charge in [-0.15, -0.1) is 5.10 Å². The van der Waals surface area contributed by atoms with Crippen molar-refractivity contribution in [1.82, 2.24) is 24.4 Å². The number of benzene rings is 3. The Kier molecular flexibility index (Phi) is 6.94. The first-order chi connectivity index (χ1) is 19.9. The Balaban J connectivity index is 1.39. The molecule has 0 fully saturated rings. The Morgan fingerprint density at radius 1 is 0.878 bits per heavy atom. The molecule has 204 valence electrons. The van der Waals surface area contributed by atoms with Gasteiger partial charge in [0.2, 0.25) is 4.96 Å². The van der Waals surface area contributed by atoms with E-state index in [1.807, 2.05) is 71.6 Å². The summed E-state index contributed by atoms with van der Waals surface area (Å²) in [6.07, 6.45) is 7.48.